The minimum atomic E-state index is -0.0975. The van der Waals surface area contributed by atoms with E-state index in [0.717, 1.165) is 18.4 Å². The Morgan fingerprint density at radius 1 is 1.09 bits per heavy atom. The number of amides is 2. The van der Waals surface area contributed by atoms with Crippen LogP contribution in [0.5, 0.6) is 0 Å². The van der Waals surface area contributed by atoms with Gasteiger partial charge >= 0.3 is 6.03 Å². The quantitative estimate of drug-likeness (QED) is 0.858. The van der Waals surface area contributed by atoms with Gasteiger partial charge in [0.25, 0.3) is 0 Å². The Kier molecular flexibility index (Phi) is 4.37. The summed E-state index contributed by atoms with van der Waals surface area (Å²) in [6.07, 6.45) is 2.29. The van der Waals surface area contributed by atoms with Crippen molar-refractivity contribution in [1.29, 1.82) is 0 Å². The fraction of sp³-hybridized carbons (Fsp3) is 0.350. The Morgan fingerprint density at radius 2 is 1.74 bits per heavy atom. The van der Waals surface area contributed by atoms with Crippen LogP contribution < -0.4 is 10.6 Å². The van der Waals surface area contributed by atoms with Gasteiger partial charge in [-0.2, -0.15) is 0 Å². The van der Waals surface area contributed by atoms with Crippen LogP contribution in [0.2, 0.25) is 0 Å². The zero-order valence-electron chi connectivity index (χ0n) is 13.8. The molecular formula is C20H24N2O. The molecule has 1 atom stereocenters. The lowest BCUT2D eigenvalue weighted by molar-refractivity contribution is 0.237. The highest BCUT2D eigenvalue weighted by atomic mass is 16.2. The molecule has 0 bridgehead atoms. The molecule has 0 aliphatic heterocycles. The van der Waals surface area contributed by atoms with Crippen LogP contribution in [-0.4, -0.2) is 12.6 Å². The van der Waals surface area contributed by atoms with E-state index in [1.807, 2.05) is 37.3 Å². The number of urea groups is 1. The Morgan fingerprint density at radius 3 is 2.35 bits per heavy atom. The van der Waals surface area contributed by atoms with Crippen molar-refractivity contribution in [2.45, 2.75) is 38.1 Å². The van der Waals surface area contributed by atoms with Gasteiger partial charge in [-0.15, -0.1) is 0 Å². The van der Waals surface area contributed by atoms with Crippen LogP contribution in [0.4, 0.5) is 4.79 Å². The molecule has 0 saturated heterocycles. The average Bonchev–Trinajstić information content (AvgIpc) is 3.35. The third-order valence-corrected chi connectivity index (χ3v) is 4.75. The summed E-state index contributed by atoms with van der Waals surface area (Å²) in [6.45, 7) is 4.80. The number of carbonyl (C=O) groups is 1. The number of hydrogen-bond acceptors (Lipinski definition) is 1. The van der Waals surface area contributed by atoms with Gasteiger partial charge in [-0.25, -0.2) is 4.79 Å². The van der Waals surface area contributed by atoms with E-state index in [4.69, 9.17) is 0 Å². The highest BCUT2D eigenvalue weighted by Crippen LogP contribution is 2.47. The van der Waals surface area contributed by atoms with Crippen molar-refractivity contribution in [1.82, 2.24) is 10.6 Å². The second kappa shape index (κ2) is 6.45. The second-order valence-corrected chi connectivity index (χ2v) is 6.61. The fourth-order valence-electron chi connectivity index (χ4n) is 2.95. The van der Waals surface area contributed by atoms with Crippen molar-refractivity contribution in [3.8, 4) is 0 Å². The zero-order valence-corrected chi connectivity index (χ0v) is 13.8. The molecule has 1 saturated carbocycles. The van der Waals surface area contributed by atoms with Crippen molar-refractivity contribution < 1.29 is 4.79 Å². The summed E-state index contributed by atoms with van der Waals surface area (Å²) in [7, 11) is 0. The predicted molar refractivity (Wildman–Crippen MR) is 93.5 cm³/mol. The minimum absolute atomic E-state index is 0.00530. The van der Waals surface area contributed by atoms with Gasteiger partial charge in [-0.05, 0) is 37.8 Å². The summed E-state index contributed by atoms with van der Waals surface area (Å²) < 4.78 is 0. The van der Waals surface area contributed by atoms with Gasteiger partial charge in [0, 0.05) is 12.0 Å². The highest BCUT2D eigenvalue weighted by molar-refractivity contribution is 5.74. The normalized spacial score (nSPS) is 16.4. The Labute approximate surface area is 138 Å². The van der Waals surface area contributed by atoms with Gasteiger partial charge in [0.2, 0.25) is 0 Å². The summed E-state index contributed by atoms with van der Waals surface area (Å²) in [4.78, 5) is 12.2. The molecule has 2 N–H and O–H groups in total. The summed E-state index contributed by atoms with van der Waals surface area (Å²) in [5.41, 5.74) is 3.86. The van der Waals surface area contributed by atoms with Crippen molar-refractivity contribution >= 4 is 6.03 Å². The summed E-state index contributed by atoms with van der Waals surface area (Å²) in [5, 5.41) is 6.06. The smallest absolute Gasteiger partial charge is 0.315 e. The highest BCUT2D eigenvalue weighted by Gasteiger charge is 2.44. The molecule has 1 fully saturated rings. The van der Waals surface area contributed by atoms with E-state index in [1.54, 1.807) is 0 Å². The predicted octanol–water partition coefficient (Wildman–Crippen LogP) is 4.09. The number of hydrogen-bond donors (Lipinski definition) is 2. The molecule has 23 heavy (non-hydrogen) atoms. The molecule has 1 unspecified atom stereocenters. The first-order chi connectivity index (χ1) is 11.1. The molecule has 2 amide bonds. The Balaban J connectivity index is 1.54. The van der Waals surface area contributed by atoms with E-state index in [9.17, 15) is 4.79 Å². The van der Waals surface area contributed by atoms with Crippen molar-refractivity contribution in [2.24, 2.45) is 0 Å². The lowest BCUT2D eigenvalue weighted by atomic mass is 9.95. The first kappa shape index (κ1) is 15.6. The van der Waals surface area contributed by atoms with Crippen molar-refractivity contribution in [3.63, 3.8) is 0 Å². The topological polar surface area (TPSA) is 41.1 Å². The molecule has 2 aromatic carbocycles. The number of benzene rings is 2. The van der Waals surface area contributed by atoms with Gasteiger partial charge in [0.05, 0.1) is 6.04 Å². The monoisotopic (exact) mass is 308 g/mol. The summed E-state index contributed by atoms with van der Waals surface area (Å²) in [5.74, 6) is 0. The number of rotatable bonds is 5. The molecule has 120 valence electrons. The van der Waals surface area contributed by atoms with Crippen LogP contribution in [0, 0.1) is 6.92 Å². The molecule has 2 aromatic rings. The number of aryl methyl sites for hydroxylation is 1. The van der Waals surface area contributed by atoms with Crippen molar-refractivity contribution in [3.05, 3.63) is 71.3 Å². The maximum Gasteiger partial charge on any atom is 0.315 e. The van der Waals surface area contributed by atoms with E-state index < -0.39 is 0 Å². The molecule has 3 nitrogen and oxygen atoms in total. The average molecular weight is 308 g/mol. The molecule has 3 heteroatoms. The Hall–Kier alpha value is -2.29. The molecule has 1 aliphatic rings. The standard InChI is InChI=1S/C20H24N2O/c1-15-8-10-18(11-9-15)20(12-13-20)14-21-19(23)22-16(2)17-6-4-3-5-7-17/h3-11,16H,12-14H2,1-2H3,(H2,21,22,23). The lowest BCUT2D eigenvalue weighted by Crippen LogP contribution is -2.40. The summed E-state index contributed by atoms with van der Waals surface area (Å²) >= 11 is 0. The van der Waals surface area contributed by atoms with E-state index in [1.165, 1.54) is 11.1 Å². The summed E-state index contributed by atoms with van der Waals surface area (Å²) in [6, 6.07) is 18.6. The largest absolute Gasteiger partial charge is 0.337 e. The van der Waals surface area contributed by atoms with Crippen LogP contribution in [0.1, 0.15) is 42.5 Å². The molecule has 0 heterocycles. The number of nitrogens with one attached hydrogen (secondary N) is 2. The van der Waals surface area contributed by atoms with Crippen molar-refractivity contribution in [2.75, 3.05) is 6.54 Å². The molecule has 0 radical (unpaired) electrons. The first-order valence-electron chi connectivity index (χ1n) is 8.26. The van der Waals surface area contributed by atoms with Gasteiger partial charge in [-0.3, -0.25) is 0 Å². The molecular weight excluding hydrogens is 284 g/mol. The van der Waals surface area contributed by atoms with Crippen LogP contribution in [-0.2, 0) is 5.41 Å². The Bertz CT molecular complexity index is 660. The van der Waals surface area contributed by atoms with Crippen LogP contribution in [0.15, 0.2) is 54.6 Å². The van der Waals surface area contributed by atoms with Crippen LogP contribution in [0.3, 0.4) is 0 Å². The third kappa shape index (κ3) is 3.73. The fourth-order valence-corrected chi connectivity index (χ4v) is 2.95. The maximum atomic E-state index is 12.2. The van der Waals surface area contributed by atoms with E-state index in [-0.39, 0.29) is 17.5 Å². The minimum Gasteiger partial charge on any atom is -0.337 e. The maximum absolute atomic E-state index is 12.2. The van der Waals surface area contributed by atoms with Gasteiger partial charge in [0.1, 0.15) is 0 Å². The zero-order chi connectivity index (χ0) is 16.3. The van der Waals surface area contributed by atoms with E-state index in [0.29, 0.717) is 6.54 Å². The third-order valence-electron chi connectivity index (χ3n) is 4.75. The van der Waals surface area contributed by atoms with Gasteiger partial charge < -0.3 is 10.6 Å². The van der Waals surface area contributed by atoms with E-state index in [2.05, 4.69) is 41.8 Å². The molecule has 0 spiro atoms. The molecule has 3 rings (SSSR count). The molecule has 0 aromatic heterocycles. The van der Waals surface area contributed by atoms with E-state index >= 15 is 0 Å². The SMILES string of the molecule is Cc1ccc(C2(CNC(=O)NC(C)c3ccccc3)CC2)cc1. The van der Waals surface area contributed by atoms with Gasteiger partial charge in [-0.1, -0.05) is 60.2 Å². The molecule has 1 aliphatic carbocycles. The van der Waals surface area contributed by atoms with Gasteiger partial charge in [0.15, 0.2) is 0 Å². The second-order valence-electron chi connectivity index (χ2n) is 6.61. The van der Waals surface area contributed by atoms with Crippen LogP contribution in [0.25, 0.3) is 0 Å². The lowest BCUT2D eigenvalue weighted by Gasteiger charge is -2.19. The van der Waals surface area contributed by atoms with Crippen LogP contribution >= 0.6 is 0 Å². The number of carbonyl (C=O) groups excluding carboxylic acids is 1. The first-order valence-corrected chi connectivity index (χ1v) is 8.26.